The fourth-order valence-electron chi connectivity index (χ4n) is 2.70. The number of rotatable bonds is 7. The van der Waals surface area contributed by atoms with Crippen LogP contribution < -0.4 is 5.73 Å². The summed E-state index contributed by atoms with van der Waals surface area (Å²) in [4.78, 5) is 3.98. The average molecular weight is 266 g/mol. The van der Waals surface area contributed by atoms with E-state index in [4.69, 9.17) is 5.73 Å². The van der Waals surface area contributed by atoms with Crippen molar-refractivity contribution < 1.29 is 0 Å². The van der Waals surface area contributed by atoms with Crippen molar-refractivity contribution in [2.75, 3.05) is 13.6 Å². The first-order chi connectivity index (χ1) is 8.55. The van der Waals surface area contributed by atoms with E-state index in [0.29, 0.717) is 6.04 Å². The molecule has 0 aliphatic heterocycles. The van der Waals surface area contributed by atoms with Gasteiger partial charge in [0.25, 0.3) is 0 Å². The van der Waals surface area contributed by atoms with Crippen LogP contribution in [0.25, 0.3) is 0 Å². The molecule has 2 atom stereocenters. The Hall–Kier alpha value is -0.380. The summed E-state index contributed by atoms with van der Waals surface area (Å²) in [7, 11) is 2.24. The molecule has 0 spiro atoms. The van der Waals surface area contributed by atoms with E-state index in [2.05, 4.69) is 43.3 Å². The molecule has 3 heteroatoms. The molecule has 0 aromatic carbocycles. The molecule has 0 bridgehead atoms. The Kier molecular flexibility index (Phi) is 4.46. The van der Waals surface area contributed by atoms with E-state index < -0.39 is 0 Å². The number of nitrogens with two attached hydrogens (primary N) is 1. The van der Waals surface area contributed by atoms with Gasteiger partial charge in [0.2, 0.25) is 0 Å². The Morgan fingerprint density at radius 2 is 2.28 bits per heavy atom. The number of nitrogens with zero attached hydrogens (tertiary/aromatic N) is 1. The number of hydrogen-bond acceptors (Lipinski definition) is 3. The second-order valence-corrected chi connectivity index (χ2v) is 7.12. The molecule has 18 heavy (non-hydrogen) atoms. The van der Waals surface area contributed by atoms with Gasteiger partial charge in [-0.2, -0.15) is 0 Å². The molecule has 2 nitrogen and oxygen atoms in total. The largest absolute Gasteiger partial charge is 0.329 e. The highest BCUT2D eigenvalue weighted by molar-refractivity contribution is 7.09. The molecular weight excluding hydrogens is 240 g/mol. The number of hydrogen-bond donors (Lipinski definition) is 1. The van der Waals surface area contributed by atoms with Crippen LogP contribution in [0.2, 0.25) is 0 Å². The van der Waals surface area contributed by atoms with Gasteiger partial charge in [-0.25, -0.2) is 0 Å². The van der Waals surface area contributed by atoms with Crippen LogP contribution in [0.4, 0.5) is 0 Å². The molecule has 1 aromatic heterocycles. The third kappa shape index (κ3) is 3.34. The second kappa shape index (κ2) is 5.72. The molecule has 1 saturated carbocycles. The van der Waals surface area contributed by atoms with Gasteiger partial charge in [-0.1, -0.05) is 18.9 Å². The van der Waals surface area contributed by atoms with Gasteiger partial charge < -0.3 is 5.73 Å². The van der Waals surface area contributed by atoms with Gasteiger partial charge in [0.05, 0.1) is 0 Å². The maximum Gasteiger partial charge on any atom is 0.0306 e. The standard InChI is InChI=1S/C15H26N2S/c1-12(9-14-5-4-8-18-14)17(3)15(2,11-16)10-13-6-7-13/h4-5,8,12-13H,6-7,9-11,16H2,1-3H3. The Labute approximate surface area is 115 Å². The average Bonchev–Trinajstić information content (AvgIpc) is 3.01. The van der Waals surface area contributed by atoms with Gasteiger partial charge in [0, 0.05) is 23.0 Å². The molecule has 1 fully saturated rings. The molecule has 0 saturated heterocycles. The molecule has 2 rings (SSSR count). The van der Waals surface area contributed by atoms with Crippen molar-refractivity contribution in [3.63, 3.8) is 0 Å². The quantitative estimate of drug-likeness (QED) is 0.821. The fraction of sp³-hybridized carbons (Fsp3) is 0.733. The molecule has 102 valence electrons. The summed E-state index contributed by atoms with van der Waals surface area (Å²) in [5, 5.41) is 2.16. The number of likely N-dealkylation sites (N-methyl/N-ethyl adjacent to an activating group) is 1. The summed E-state index contributed by atoms with van der Waals surface area (Å²) in [6.07, 6.45) is 5.20. The van der Waals surface area contributed by atoms with Crippen molar-refractivity contribution in [2.45, 2.75) is 51.1 Å². The molecule has 0 amide bonds. The second-order valence-electron chi connectivity index (χ2n) is 6.09. The minimum atomic E-state index is 0.165. The topological polar surface area (TPSA) is 29.3 Å². The van der Waals surface area contributed by atoms with E-state index in [1.165, 1.54) is 24.1 Å². The van der Waals surface area contributed by atoms with Crippen molar-refractivity contribution in [1.82, 2.24) is 4.90 Å². The zero-order valence-electron chi connectivity index (χ0n) is 11.9. The van der Waals surface area contributed by atoms with Crippen LogP contribution >= 0.6 is 11.3 Å². The van der Waals surface area contributed by atoms with Crippen molar-refractivity contribution in [1.29, 1.82) is 0 Å². The van der Waals surface area contributed by atoms with Gasteiger partial charge in [0.15, 0.2) is 0 Å². The van der Waals surface area contributed by atoms with E-state index in [1.807, 2.05) is 11.3 Å². The zero-order chi connectivity index (χ0) is 13.2. The maximum absolute atomic E-state index is 6.06. The highest BCUT2D eigenvalue weighted by atomic mass is 32.1. The van der Waals surface area contributed by atoms with Crippen LogP contribution in [0.1, 0.15) is 38.0 Å². The maximum atomic E-state index is 6.06. The summed E-state index contributed by atoms with van der Waals surface area (Å²) in [6, 6.07) is 4.92. The summed E-state index contributed by atoms with van der Waals surface area (Å²) in [5.74, 6) is 0.926. The van der Waals surface area contributed by atoms with Crippen LogP contribution in [0.15, 0.2) is 17.5 Å². The van der Waals surface area contributed by atoms with Crippen LogP contribution in [0, 0.1) is 5.92 Å². The molecule has 2 N–H and O–H groups in total. The van der Waals surface area contributed by atoms with E-state index in [-0.39, 0.29) is 5.54 Å². The van der Waals surface area contributed by atoms with Gasteiger partial charge in [-0.05, 0) is 51.1 Å². The monoisotopic (exact) mass is 266 g/mol. The van der Waals surface area contributed by atoms with Crippen molar-refractivity contribution in [3.05, 3.63) is 22.4 Å². The first kappa shape index (κ1) is 14.0. The van der Waals surface area contributed by atoms with E-state index >= 15 is 0 Å². The van der Waals surface area contributed by atoms with Crippen molar-refractivity contribution >= 4 is 11.3 Å². The summed E-state index contributed by atoms with van der Waals surface area (Å²) < 4.78 is 0. The molecule has 1 heterocycles. The van der Waals surface area contributed by atoms with E-state index in [9.17, 15) is 0 Å². The minimum absolute atomic E-state index is 0.165. The SMILES string of the molecule is CC(Cc1cccs1)N(C)C(C)(CN)CC1CC1. The van der Waals surface area contributed by atoms with Gasteiger partial charge in [-0.3, -0.25) is 4.90 Å². The third-order valence-corrected chi connectivity index (χ3v) is 5.35. The highest BCUT2D eigenvalue weighted by Gasteiger charge is 2.36. The normalized spacial score (nSPS) is 20.9. The van der Waals surface area contributed by atoms with Crippen molar-refractivity contribution in [3.8, 4) is 0 Å². The Bertz CT molecular complexity index is 359. The van der Waals surface area contributed by atoms with Crippen LogP contribution in [-0.2, 0) is 6.42 Å². The summed E-state index contributed by atoms with van der Waals surface area (Å²) in [5.41, 5.74) is 6.22. The Morgan fingerprint density at radius 3 is 2.78 bits per heavy atom. The van der Waals surface area contributed by atoms with Gasteiger partial charge in [-0.15, -0.1) is 11.3 Å². The lowest BCUT2D eigenvalue weighted by atomic mass is 9.91. The fourth-order valence-corrected chi connectivity index (χ4v) is 3.53. The zero-order valence-corrected chi connectivity index (χ0v) is 12.7. The predicted octanol–water partition coefficient (Wildman–Crippen LogP) is 3.13. The Balaban J connectivity index is 1.96. The lowest BCUT2D eigenvalue weighted by Crippen LogP contribution is -2.54. The van der Waals surface area contributed by atoms with Crippen LogP contribution in [0.5, 0.6) is 0 Å². The summed E-state index contributed by atoms with van der Waals surface area (Å²) in [6.45, 7) is 5.41. The van der Waals surface area contributed by atoms with E-state index in [0.717, 1.165) is 18.9 Å². The van der Waals surface area contributed by atoms with Gasteiger partial charge in [0.1, 0.15) is 0 Å². The van der Waals surface area contributed by atoms with Crippen LogP contribution in [0.3, 0.4) is 0 Å². The highest BCUT2D eigenvalue weighted by Crippen LogP contribution is 2.38. The first-order valence-corrected chi connectivity index (χ1v) is 7.88. The lowest BCUT2D eigenvalue weighted by molar-refractivity contribution is 0.0869. The summed E-state index contributed by atoms with van der Waals surface area (Å²) >= 11 is 1.86. The molecule has 2 unspecified atom stereocenters. The smallest absolute Gasteiger partial charge is 0.0306 e. The van der Waals surface area contributed by atoms with Gasteiger partial charge >= 0.3 is 0 Å². The lowest BCUT2D eigenvalue weighted by Gasteiger charge is -2.42. The molecular formula is C15H26N2S. The Morgan fingerprint density at radius 1 is 1.56 bits per heavy atom. The molecule has 1 aliphatic carbocycles. The van der Waals surface area contributed by atoms with E-state index in [1.54, 1.807) is 0 Å². The molecule has 1 aromatic rings. The van der Waals surface area contributed by atoms with Crippen molar-refractivity contribution in [2.24, 2.45) is 11.7 Å². The minimum Gasteiger partial charge on any atom is -0.329 e. The number of thiophene rings is 1. The third-order valence-electron chi connectivity index (χ3n) is 4.45. The molecule has 1 aliphatic rings. The predicted molar refractivity (Wildman–Crippen MR) is 80.0 cm³/mol. The van der Waals surface area contributed by atoms with Crippen LogP contribution in [-0.4, -0.2) is 30.1 Å². The molecule has 0 radical (unpaired) electrons. The first-order valence-electron chi connectivity index (χ1n) is 7.00.